The summed E-state index contributed by atoms with van der Waals surface area (Å²) in [4.78, 5) is 21.7. The molecule has 4 heteroatoms. The van der Waals surface area contributed by atoms with E-state index in [1.54, 1.807) is 12.3 Å². The van der Waals surface area contributed by atoms with Crippen LogP contribution < -0.4 is 5.56 Å². The molecule has 2 aromatic rings. The van der Waals surface area contributed by atoms with E-state index < -0.39 is 0 Å². The minimum atomic E-state index is -0.140. The highest BCUT2D eigenvalue weighted by Crippen LogP contribution is 2.17. The normalized spacial score (nSPS) is 12.2. The first-order valence-corrected chi connectivity index (χ1v) is 4.56. The molecular formula is C10H13N3O. The molecule has 0 saturated carbocycles. The van der Waals surface area contributed by atoms with Crippen molar-refractivity contribution in [2.75, 3.05) is 0 Å². The van der Waals surface area contributed by atoms with E-state index in [1.807, 2.05) is 20.8 Å². The Bertz CT molecular complexity index is 516. The van der Waals surface area contributed by atoms with Crippen LogP contribution in [0.4, 0.5) is 0 Å². The Hall–Kier alpha value is -1.58. The number of H-pyrrole nitrogens is 2. The Kier molecular flexibility index (Phi) is 1.74. The second-order valence-corrected chi connectivity index (χ2v) is 4.40. The minimum Gasteiger partial charge on any atom is -0.346 e. The lowest BCUT2D eigenvalue weighted by Gasteiger charge is -2.16. The molecule has 2 aromatic heterocycles. The SMILES string of the molecule is CC(C)(C)c1nc2[nH]ccc2c(=O)[nH]1. The molecular weight excluding hydrogens is 178 g/mol. The van der Waals surface area contributed by atoms with Crippen LogP contribution in [-0.2, 0) is 5.41 Å². The van der Waals surface area contributed by atoms with E-state index in [0.29, 0.717) is 16.9 Å². The highest BCUT2D eigenvalue weighted by atomic mass is 16.1. The van der Waals surface area contributed by atoms with Gasteiger partial charge in [0.2, 0.25) is 0 Å². The number of aromatic amines is 2. The van der Waals surface area contributed by atoms with Gasteiger partial charge in [0.15, 0.2) is 0 Å². The molecule has 0 amide bonds. The van der Waals surface area contributed by atoms with Gasteiger partial charge in [-0.25, -0.2) is 4.98 Å². The van der Waals surface area contributed by atoms with Crippen molar-refractivity contribution in [2.24, 2.45) is 0 Å². The summed E-state index contributed by atoms with van der Waals surface area (Å²) in [5.41, 5.74) is 0.429. The molecule has 2 N–H and O–H groups in total. The lowest BCUT2D eigenvalue weighted by molar-refractivity contribution is 0.546. The molecule has 4 nitrogen and oxygen atoms in total. The van der Waals surface area contributed by atoms with Crippen molar-refractivity contribution in [3.05, 3.63) is 28.4 Å². The third-order valence-electron chi connectivity index (χ3n) is 2.14. The van der Waals surface area contributed by atoms with Crippen LogP contribution in [0.25, 0.3) is 11.0 Å². The van der Waals surface area contributed by atoms with Gasteiger partial charge in [0.05, 0.1) is 5.39 Å². The van der Waals surface area contributed by atoms with Crippen molar-refractivity contribution in [1.29, 1.82) is 0 Å². The Balaban J connectivity index is 2.77. The Morgan fingerprint density at radius 3 is 2.71 bits per heavy atom. The molecule has 0 fully saturated rings. The standard InChI is InChI=1S/C10H13N3O/c1-10(2,3)9-12-7-6(4-5-11-7)8(14)13-9/h4-5H,1-3H3,(H2,11,12,13,14). The summed E-state index contributed by atoms with van der Waals surface area (Å²) in [7, 11) is 0. The van der Waals surface area contributed by atoms with Crippen LogP contribution in [0.2, 0.25) is 0 Å². The Labute approximate surface area is 81.4 Å². The molecule has 2 rings (SSSR count). The van der Waals surface area contributed by atoms with E-state index in [2.05, 4.69) is 15.0 Å². The predicted molar refractivity (Wildman–Crippen MR) is 55.4 cm³/mol. The molecule has 74 valence electrons. The summed E-state index contributed by atoms with van der Waals surface area (Å²) in [5.74, 6) is 0.706. The van der Waals surface area contributed by atoms with E-state index in [1.165, 1.54) is 0 Å². The molecule has 14 heavy (non-hydrogen) atoms. The second kappa shape index (κ2) is 2.70. The zero-order valence-corrected chi connectivity index (χ0v) is 8.51. The number of nitrogens with zero attached hydrogens (tertiary/aromatic N) is 1. The predicted octanol–water partition coefficient (Wildman–Crippen LogP) is 1.55. The number of aromatic nitrogens is 3. The topological polar surface area (TPSA) is 61.5 Å². The molecule has 2 heterocycles. The quantitative estimate of drug-likeness (QED) is 0.663. The van der Waals surface area contributed by atoms with Gasteiger partial charge in [-0.15, -0.1) is 0 Å². The van der Waals surface area contributed by atoms with Gasteiger partial charge < -0.3 is 9.97 Å². The highest BCUT2D eigenvalue weighted by molar-refractivity contribution is 5.73. The summed E-state index contributed by atoms with van der Waals surface area (Å²) in [6.45, 7) is 6.04. The summed E-state index contributed by atoms with van der Waals surface area (Å²) in [6, 6.07) is 1.73. The van der Waals surface area contributed by atoms with Gasteiger partial charge in [0.1, 0.15) is 11.5 Å². The molecule has 0 aliphatic rings. The minimum absolute atomic E-state index is 0.0822. The lowest BCUT2D eigenvalue weighted by Crippen LogP contribution is -2.21. The van der Waals surface area contributed by atoms with Gasteiger partial charge >= 0.3 is 0 Å². The third kappa shape index (κ3) is 1.32. The molecule has 0 aliphatic heterocycles. The highest BCUT2D eigenvalue weighted by Gasteiger charge is 2.17. The van der Waals surface area contributed by atoms with E-state index in [4.69, 9.17) is 0 Å². The largest absolute Gasteiger partial charge is 0.346 e. The van der Waals surface area contributed by atoms with Gasteiger partial charge in [0.25, 0.3) is 5.56 Å². The molecule has 0 aromatic carbocycles. The van der Waals surface area contributed by atoms with Gasteiger partial charge in [-0.1, -0.05) is 20.8 Å². The number of hydrogen-bond donors (Lipinski definition) is 2. The zero-order chi connectivity index (χ0) is 10.3. The maximum atomic E-state index is 11.6. The van der Waals surface area contributed by atoms with Crippen molar-refractivity contribution in [1.82, 2.24) is 15.0 Å². The van der Waals surface area contributed by atoms with Crippen molar-refractivity contribution in [3.8, 4) is 0 Å². The van der Waals surface area contributed by atoms with E-state index in [9.17, 15) is 4.79 Å². The molecule has 0 aliphatic carbocycles. The summed E-state index contributed by atoms with van der Waals surface area (Å²) < 4.78 is 0. The fraction of sp³-hybridized carbons (Fsp3) is 0.400. The average Bonchev–Trinajstić information content (AvgIpc) is 2.50. The van der Waals surface area contributed by atoms with E-state index in [-0.39, 0.29) is 11.0 Å². The second-order valence-electron chi connectivity index (χ2n) is 4.40. The first-order chi connectivity index (χ1) is 6.48. The van der Waals surface area contributed by atoms with Crippen molar-refractivity contribution in [2.45, 2.75) is 26.2 Å². The van der Waals surface area contributed by atoms with Crippen molar-refractivity contribution in [3.63, 3.8) is 0 Å². The molecule has 0 atom stereocenters. The molecule has 0 unspecified atom stereocenters. The summed E-state index contributed by atoms with van der Waals surface area (Å²) in [6.07, 6.45) is 1.72. The molecule has 0 bridgehead atoms. The third-order valence-corrected chi connectivity index (χ3v) is 2.14. The van der Waals surface area contributed by atoms with Crippen LogP contribution in [0.1, 0.15) is 26.6 Å². The number of fused-ring (bicyclic) bond motifs is 1. The maximum Gasteiger partial charge on any atom is 0.260 e. The summed E-state index contributed by atoms with van der Waals surface area (Å²) >= 11 is 0. The molecule has 0 radical (unpaired) electrons. The van der Waals surface area contributed by atoms with Crippen LogP contribution in [0.5, 0.6) is 0 Å². The van der Waals surface area contributed by atoms with Crippen LogP contribution >= 0.6 is 0 Å². The number of rotatable bonds is 0. The van der Waals surface area contributed by atoms with Gasteiger partial charge in [-0.3, -0.25) is 4.79 Å². The van der Waals surface area contributed by atoms with Crippen LogP contribution in [0.3, 0.4) is 0 Å². The first kappa shape index (κ1) is 8.99. The Morgan fingerprint density at radius 2 is 2.07 bits per heavy atom. The van der Waals surface area contributed by atoms with Gasteiger partial charge in [0, 0.05) is 11.6 Å². The van der Waals surface area contributed by atoms with E-state index >= 15 is 0 Å². The number of hydrogen-bond acceptors (Lipinski definition) is 2. The zero-order valence-electron chi connectivity index (χ0n) is 8.51. The Morgan fingerprint density at radius 1 is 1.36 bits per heavy atom. The monoisotopic (exact) mass is 191 g/mol. The fourth-order valence-corrected chi connectivity index (χ4v) is 1.31. The van der Waals surface area contributed by atoms with Crippen LogP contribution in [0.15, 0.2) is 17.1 Å². The summed E-state index contributed by atoms with van der Waals surface area (Å²) in [5, 5.41) is 0.609. The van der Waals surface area contributed by atoms with Crippen LogP contribution in [-0.4, -0.2) is 15.0 Å². The smallest absolute Gasteiger partial charge is 0.260 e. The lowest BCUT2D eigenvalue weighted by atomic mass is 9.96. The van der Waals surface area contributed by atoms with Gasteiger partial charge in [-0.2, -0.15) is 0 Å². The van der Waals surface area contributed by atoms with Crippen molar-refractivity contribution >= 4 is 11.0 Å². The number of nitrogens with one attached hydrogen (secondary N) is 2. The molecule has 0 saturated heterocycles. The van der Waals surface area contributed by atoms with Gasteiger partial charge in [-0.05, 0) is 6.07 Å². The van der Waals surface area contributed by atoms with E-state index in [0.717, 1.165) is 0 Å². The first-order valence-electron chi connectivity index (χ1n) is 4.56. The fourth-order valence-electron chi connectivity index (χ4n) is 1.31. The maximum absolute atomic E-state index is 11.6. The van der Waals surface area contributed by atoms with Crippen LogP contribution in [0, 0.1) is 0 Å². The van der Waals surface area contributed by atoms with Crippen molar-refractivity contribution < 1.29 is 0 Å². The molecule has 0 spiro atoms. The average molecular weight is 191 g/mol.